The molecule has 0 aliphatic heterocycles. The Morgan fingerprint density at radius 2 is 0.304 bits per heavy atom. The molecule has 266 valence electrons. The number of rotatable bonds is 10. The maximum absolute atomic E-state index is 2.33. The molecule has 0 bridgehead atoms. The lowest BCUT2D eigenvalue weighted by Crippen LogP contribution is -2.09. The minimum absolute atomic E-state index is 1.10. The fraction of sp³-hybridized carbons (Fsp3) is 0. The van der Waals surface area contributed by atoms with Crippen LogP contribution in [0.2, 0.25) is 0 Å². The van der Waals surface area contributed by atoms with Crippen molar-refractivity contribution in [3.05, 3.63) is 243 Å². The van der Waals surface area contributed by atoms with E-state index in [2.05, 4.69) is 252 Å². The molecule has 0 saturated carbocycles. The van der Waals surface area contributed by atoms with Crippen molar-refractivity contribution in [3.63, 3.8) is 0 Å². The number of benzene rings is 9. The van der Waals surface area contributed by atoms with Gasteiger partial charge in [-0.3, -0.25) is 0 Å². The molecule has 9 rings (SSSR count). The Morgan fingerprint density at radius 3 is 0.536 bits per heavy atom. The number of anilines is 6. The third-order valence-corrected chi connectivity index (χ3v) is 10.3. The fourth-order valence-corrected chi connectivity index (χ4v) is 7.38. The molecule has 56 heavy (non-hydrogen) atoms. The van der Waals surface area contributed by atoms with Crippen molar-refractivity contribution >= 4 is 34.1 Å². The maximum Gasteiger partial charge on any atom is 0.0462 e. The van der Waals surface area contributed by atoms with Gasteiger partial charge in [-0.15, -0.1) is 0 Å². The molecule has 0 heterocycles. The van der Waals surface area contributed by atoms with Crippen molar-refractivity contribution in [2.24, 2.45) is 0 Å². The third kappa shape index (κ3) is 7.37. The van der Waals surface area contributed by atoms with Crippen LogP contribution < -0.4 is 9.80 Å². The van der Waals surface area contributed by atoms with Crippen LogP contribution in [-0.4, -0.2) is 0 Å². The van der Waals surface area contributed by atoms with Gasteiger partial charge in [0.25, 0.3) is 0 Å². The second kappa shape index (κ2) is 15.9. The lowest BCUT2D eigenvalue weighted by atomic mass is 9.99. The first-order valence-electron chi connectivity index (χ1n) is 19.1. The van der Waals surface area contributed by atoms with Crippen LogP contribution in [0.15, 0.2) is 243 Å². The molecule has 0 N–H and O–H groups in total. The highest BCUT2D eigenvalue weighted by Gasteiger charge is 2.15. The zero-order valence-electron chi connectivity index (χ0n) is 31.0. The van der Waals surface area contributed by atoms with E-state index in [1.807, 2.05) is 0 Å². The van der Waals surface area contributed by atoms with Crippen molar-refractivity contribution in [2.75, 3.05) is 9.80 Å². The van der Waals surface area contributed by atoms with Gasteiger partial charge in [0.15, 0.2) is 0 Å². The van der Waals surface area contributed by atoms with E-state index in [9.17, 15) is 0 Å². The molecule has 2 heteroatoms. The van der Waals surface area contributed by atoms with E-state index < -0.39 is 0 Å². The third-order valence-electron chi connectivity index (χ3n) is 10.3. The molecule has 0 aliphatic rings. The summed E-state index contributed by atoms with van der Waals surface area (Å²) in [4.78, 5) is 4.62. The largest absolute Gasteiger partial charge is 0.311 e. The Bertz CT molecular complexity index is 2480. The predicted octanol–water partition coefficient (Wildman–Crippen LogP) is 15.3. The molecular formula is C54H40N2. The van der Waals surface area contributed by atoms with E-state index >= 15 is 0 Å². The average molecular weight is 717 g/mol. The van der Waals surface area contributed by atoms with E-state index in [0.717, 1.165) is 34.1 Å². The Balaban J connectivity index is 0.975. The molecule has 0 amide bonds. The SMILES string of the molecule is c1ccc(-c2ccc(N(c3ccc(-c4ccccc4)cc3)c3ccc(-c4ccc(-c5ccc(N(c6ccccc6)c6ccccc6)cc5)cc4)cc3)cc2)cc1. The summed E-state index contributed by atoms with van der Waals surface area (Å²) in [7, 11) is 0. The second-order valence-corrected chi connectivity index (χ2v) is 13.8. The number of hydrogen-bond donors (Lipinski definition) is 0. The van der Waals surface area contributed by atoms with Crippen LogP contribution in [0.1, 0.15) is 0 Å². The lowest BCUT2D eigenvalue weighted by Gasteiger charge is -2.26. The Morgan fingerprint density at radius 1 is 0.143 bits per heavy atom. The van der Waals surface area contributed by atoms with Crippen LogP contribution in [-0.2, 0) is 0 Å². The van der Waals surface area contributed by atoms with Crippen LogP contribution in [0.3, 0.4) is 0 Å². The molecule has 9 aromatic rings. The summed E-state index contributed by atoms with van der Waals surface area (Å²) in [5.74, 6) is 0. The van der Waals surface area contributed by atoms with E-state index in [0.29, 0.717) is 0 Å². The zero-order chi connectivity index (χ0) is 37.5. The number of para-hydroxylation sites is 2. The van der Waals surface area contributed by atoms with Crippen molar-refractivity contribution < 1.29 is 0 Å². The summed E-state index contributed by atoms with van der Waals surface area (Å²) in [5, 5.41) is 0. The minimum atomic E-state index is 1.10. The van der Waals surface area contributed by atoms with Crippen molar-refractivity contribution in [2.45, 2.75) is 0 Å². The Kier molecular flexibility index (Phi) is 9.75. The van der Waals surface area contributed by atoms with Gasteiger partial charge < -0.3 is 9.80 Å². The summed E-state index contributed by atoms with van der Waals surface area (Å²) >= 11 is 0. The molecule has 0 spiro atoms. The summed E-state index contributed by atoms with van der Waals surface area (Å²) in [6, 6.07) is 86.5. The smallest absolute Gasteiger partial charge is 0.0462 e. The summed E-state index contributed by atoms with van der Waals surface area (Å²) in [5.41, 5.74) is 16.3. The number of nitrogens with zero attached hydrogens (tertiary/aromatic N) is 2. The van der Waals surface area contributed by atoms with Crippen LogP contribution >= 0.6 is 0 Å². The first-order chi connectivity index (χ1) is 27.8. The molecule has 0 fully saturated rings. The summed E-state index contributed by atoms with van der Waals surface area (Å²) < 4.78 is 0. The first kappa shape index (κ1) is 34.4. The molecular weight excluding hydrogens is 677 g/mol. The van der Waals surface area contributed by atoms with Crippen molar-refractivity contribution in [1.29, 1.82) is 0 Å². The summed E-state index contributed by atoms with van der Waals surface area (Å²) in [6.45, 7) is 0. The summed E-state index contributed by atoms with van der Waals surface area (Å²) in [6.07, 6.45) is 0. The van der Waals surface area contributed by atoms with Gasteiger partial charge in [-0.2, -0.15) is 0 Å². The molecule has 0 saturated heterocycles. The van der Waals surface area contributed by atoms with E-state index in [1.165, 1.54) is 44.5 Å². The highest BCUT2D eigenvalue weighted by molar-refractivity contribution is 5.82. The second-order valence-electron chi connectivity index (χ2n) is 13.8. The highest BCUT2D eigenvalue weighted by Crippen LogP contribution is 2.39. The quantitative estimate of drug-likeness (QED) is 0.139. The van der Waals surface area contributed by atoms with Crippen molar-refractivity contribution in [1.82, 2.24) is 0 Å². The average Bonchev–Trinajstić information content (AvgIpc) is 3.29. The van der Waals surface area contributed by atoms with Crippen molar-refractivity contribution in [3.8, 4) is 44.5 Å². The molecule has 0 radical (unpaired) electrons. The van der Waals surface area contributed by atoms with Crippen LogP contribution in [0, 0.1) is 0 Å². The molecule has 9 aromatic carbocycles. The Labute approximate surface area is 329 Å². The van der Waals surface area contributed by atoms with E-state index in [-0.39, 0.29) is 0 Å². The fourth-order valence-electron chi connectivity index (χ4n) is 7.38. The van der Waals surface area contributed by atoms with Gasteiger partial charge in [0, 0.05) is 34.1 Å². The van der Waals surface area contributed by atoms with Gasteiger partial charge in [0.1, 0.15) is 0 Å². The van der Waals surface area contributed by atoms with Gasteiger partial charge in [-0.05, 0) is 117 Å². The molecule has 0 atom stereocenters. The lowest BCUT2D eigenvalue weighted by molar-refractivity contribution is 1.28. The number of hydrogen-bond acceptors (Lipinski definition) is 2. The monoisotopic (exact) mass is 716 g/mol. The maximum atomic E-state index is 2.33. The van der Waals surface area contributed by atoms with Gasteiger partial charge in [-0.25, -0.2) is 0 Å². The predicted molar refractivity (Wildman–Crippen MR) is 238 cm³/mol. The molecule has 0 aromatic heterocycles. The van der Waals surface area contributed by atoms with E-state index in [4.69, 9.17) is 0 Å². The minimum Gasteiger partial charge on any atom is -0.311 e. The molecule has 0 aliphatic carbocycles. The standard InChI is InChI=1S/C54H40N2/c1-5-13-41(14-6-1)45-25-33-52(34-26-45)56(53-35-27-46(28-36-53)42-15-7-2-8-16-42)54-39-31-48(32-40-54)44-23-21-43(22-24-44)47-29-37-51(38-30-47)55(49-17-9-3-10-18-49)50-19-11-4-12-20-50/h1-40H. The van der Waals surface area contributed by atoms with Gasteiger partial charge in [0.2, 0.25) is 0 Å². The zero-order valence-corrected chi connectivity index (χ0v) is 31.0. The molecule has 0 unspecified atom stereocenters. The Hall–Kier alpha value is -7.42. The van der Waals surface area contributed by atoms with Crippen LogP contribution in [0.4, 0.5) is 34.1 Å². The first-order valence-corrected chi connectivity index (χ1v) is 19.1. The van der Waals surface area contributed by atoms with Crippen LogP contribution in [0.25, 0.3) is 44.5 Å². The normalized spacial score (nSPS) is 10.9. The van der Waals surface area contributed by atoms with Crippen LogP contribution in [0.5, 0.6) is 0 Å². The molecule has 2 nitrogen and oxygen atoms in total. The highest BCUT2D eigenvalue weighted by atomic mass is 15.1. The van der Waals surface area contributed by atoms with Gasteiger partial charge >= 0.3 is 0 Å². The van der Waals surface area contributed by atoms with Gasteiger partial charge in [0.05, 0.1) is 0 Å². The van der Waals surface area contributed by atoms with E-state index in [1.54, 1.807) is 0 Å². The van der Waals surface area contributed by atoms with Gasteiger partial charge in [-0.1, -0.05) is 170 Å². The topological polar surface area (TPSA) is 6.48 Å².